The zero-order chi connectivity index (χ0) is 45.7. The van der Waals surface area contributed by atoms with E-state index in [0.717, 1.165) is 6.42 Å². The number of carbonyl (C=O) groups is 5. The Kier molecular flexibility index (Phi) is 12.4. The number of esters is 4. The van der Waals surface area contributed by atoms with E-state index < -0.39 is 89.5 Å². The maximum Gasteiger partial charge on any atom is 0.338 e. The van der Waals surface area contributed by atoms with Crippen molar-refractivity contribution >= 4 is 29.8 Å². The molecule has 5 aliphatic rings. The molecular formula is C50H58N2O12. The molecule has 8 rings (SSSR count). The third kappa shape index (κ3) is 8.15. The molecule has 3 aliphatic carbocycles. The number of amides is 1. The molecule has 3 aromatic carbocycles. The van der Waals surface area contributed by atoms with Gasteiger partial charge in [-0.2, -0.15) is 0 Å². The fraction of sp³-hybridized carbons (Fsp3) is 0.500. The molecule has 12 atom stereocenters. The van der Waals surface area contributed by atoms with Crippen LogP contribution in [0.25, 0.3) is 0 Å². The minimum absolute atomic E-state index is 0.0544. The summed E-state index contributed by atoms with van der Waals surface area (Å²) in [6.07, 6.45) is -4.79. The number of hydrogen-bond acceptors (Lipinski definition) is 13. The first kappa shape index (κ1) is 44.9. The molecule has 0 spiro atoms. The molecule has 2 heterocycles. The Morgan fingerprint density at radius 1 is 0.781 bits per heavy atom. The Bertz CT molecular complexity index is 2280. The lowest BCUT2D eigenvalue weighted by Crippen LogP contribution is -2.71. The lowest BCUT2D eigenvalue weighted by Gasteiger charge is -2.64. The van der Waals surface area contributed by atoms with Crippen LogP contribution in [0.15, 0.2) is 96.1 Å². The maximum atomic E-state index is 15.1. The molecule has 4 fully saturated rings. The molecule has 2 saturated heterocycles. The van der Waals surface area contributed by atoms with Crippen LogP contribution < -0.4 is 14.8 Å². The lowest BCUT2D eigenvalue weighted by atomic mass is 9.47. The van der Waals surface area contributed by atoms with Crippen molar-refractivity contribution in [2.24, 2.45) is 28.6 Å². The van der Waals surface area contributed by atoms with E-state index in [1.54, 1.807) is 55.6 Å². The molecule has 14 heteroatoms. The Labute approximate surface area is 373 Å². The first-order chi connectivity index (χ1) is 30.5. The van der Waals surface area contributed by atoms with Crippen molar-refractivity contribution in [1.29, 1.82) is 0 Å². The largest absolute Gasteiger partial charge is 0.497 e. The van der Waals surface area contributed by atoms with Crippen molar-refractivity contribution in [3.8, 4) is 11.5 Å². The van der Waals surface area contributed by atoms with Crippen LogP contribution in [-0.4, -0.2) is 91.3 Å². The molecule has 340 valence electrons. The fourth-order valence-electron chi connectivity index (χ4n) is 11.5. The molecule has 1 amide bonds. The second-order valence-electron chi connectivity index (χ2n) is 18.6. The highest BCUT2D eigenvalue weighted by atomic mass is 16.7. The van der Waals surface area contributed by atoms with E-state index in [0.29, 0.717) is 46.7 Å². The summed E-state index contributed by atoms with van der Waals surface area (Å²) in [6.45, 7) is 12.7. The van der Waals surface area contributed by atoms with Crippen molar-refractivity contribution in [3.63, 3.8) is 0 Å². The molecule has 0 radical (unpaired) electrons. The van der Waals surface area contributed by atoms with Crippen LogP contribution in [-0.2, 0) is 42.9 Å². The van der Waals surface area contributed by atoms with Gasteiger partial charge >= 0.3 is 23.9 Å². The Hall–Kier alpha value is -5.73. The van der Waals surface area contributed by atoms with Crippen LogP contribution in [0.5, 0.6) is 11.5 Å². The second kappa shape index (κ2) is 17.7. The predicted octanol–water partition coefficient (Wildman–Crippen LogP) is 6.73. The van der Waals surface area contributed by atoms with Gasteiger partial charge in [-0.25, -0.2) is 4.79 Å². The van der Waals surface area contributed by atoms with Gasteiger partial charge < -0.3 is 38.5 Å². The molecule has 64 heavy (non-hydrogen) atoms. The van der Waals surface area contributed by atoms with Crippen LogP contribution in [0.1, 0.15) is 89.7 Å². The summed E-state index contributed by atoms with van der Waals surface area (Å²) in [5.41, 5.74) is 0.583. The number of hydrogen-bond donors (Lipinski definition) is 1. The van der Waals surface area contributed by atoms with Crippen molar-refractivity contribution in [2.75, 3.05) is 13.7 Å². The van der Waals surface area contributed by atoms with E-state index >= 15 is 4.79 Å². The van der Waals surface area contributed by atoms with Gasteiger partial charge in [-0.1, -0.05) is 69.3 Å². The number of nitrogens with zero attached hydrogens (tertiary/aromatic N) is 1. The average molecular weight is 879 g/mol. The number of methoxy groups -OCH3 is 1. The van der Waals surface area contributed by atoms with Crippen molar-refractivity contribution < 1.29 is 57.1 Å². The zero-order valence-electron chi connectivity index (χ0n) is 37.6. The zero-order valence-corrected chi connectivity index (χ0v) is 37.6. The SMILES string of the molecule is COc1ccc(O[C@@H]2O[C@@H](C(=O)O[C@H]3C[C@H]4[C@@H](OC(C)=O)[C@@H]5[C@@H]6CN[C@@H]6CC[C@@]5(C)[C@@H](OC(C)=O)[C@H](OC(C)=O)C(=C3C)C4(C)C)[C@H](c3ccccc3)N2C(=O)c2ccccc2)cc1. The van der Waals surface area contributed by atoms with Gasteiger partial charge in [0.05, 0.1) is 7.11 Å². The molecule has 3 aromatic rings. The highest BCUT2D eigenvalue weighted by Gasteiger charge is 2.66. The Balaban J connectivity index is 1.24. The lowest BCUT2D eigenvalue weighted by molar-refractivity contribution is -0.222. The first-order valence-corrected chi connectivity index (χ1v) is 22.1. The number of carbonyl (C=O) groups excluding carboxylic acids is 5. The summed E-state index contributed by atoms with van der Waals surface area (Å²) in [5, 5.41) is 3.55. The number of benzene rings is 3. The van der Waals surface area contributed by atoms with E-state index in [9.17, 15) is 19.2 Å². The smallest absolute Gasteiger partial charge is 0.338 e. The molecule has 14 nitrogen and oxygen atoms in total. The number of fused-ring (bicyclic) bond motifs is 5. The summed E-state index contributed by atoms with van der Waals surface area (Å²) in [7, 11) is 1.55. The summed E-state index contributed by atoms with van der Waals surface area (Å²) in [5.74, 6) is -2.54. The molecule has 0 aromatic heterocycles. The van der Waals surface area contributed by atoms with E-state index in [1.165, 1.54) is 25.7 Å². The monoisotopic (exact) mass is 878 g/mol. The van der Waals surface area contributed by atoms with Crippen LogP contribution in [0.4, 0.5) is 0 Å². The van der Waals surface area contributed by atoms with Crippen molar-refractivity contribution in [3.05, 3.63) is 107 Å². The molecule has 1 N–H and O–H groups in total. The molecule has 0 unspecified atom stereocenters. The quantitative estimate of drug-likeness (QED) is 0.130. The van der Waals surface area contributed by atoms with Gasteiger partial charge in [-0.3, -0.25) is 24.1 Å². The minimum atomic E-state index is -1.39. The summed E-state index contributed by atoms with van der Waals surface area (Å²) in [4.78, 5) is 70.8. The van der Waals surface area contributed by atoms with Crippen LogP contribution in [0, 0.1) is 28.6 Å². The van der Waals surface area contributed by atoms with Gasteiger partial charge in [0.25, 0.3) is 12.3 Å². The standard InChI is InChI=1S/C50H58N2O12/c1-27-38(25-36-42(59-28(2)53)40-35-26-51-37(35)23-24-50(40,7)45(61-30(4)55)43(60-29(3)54)39(27)49(36,5)6)63-47(57)44-41(31-15-11-9-12-16-31)52(46(56)32-17-13-10-14-18-32)48(64-44)62-34-21-19-33(58-8)20-22-34/h9-22,35-38,40-45,48,51H,23-26H2,1-8H3/t35-,36+,37-,38+,40+,41+,42-,43-,44-,45+,48-,50-/m1/s1. The van der Waals surface area contributed by atoms with E-state index in [-0.39, 0.29) is 24.3 Å². The van der Waals surface area contributed by atoms with Gasteiger partial charge in [-0.05, 0) is 90.6 Å². The average Bonchev–Trinajstić information content (AvgIpc) is 3.62. The molecule has 2 aliphatic heterocycles. The van der Waals surface area contributed by atoms with Gasteiger partial charge in [0, 0.05) is 56.2 Å². The van der Waals surface area contributed by atoms with Crippen LogP contribution in [0.2, 0.25) is 0 Å². The molecular weight excluding hydrogens is 821 g/mol. The Morgan fingerprint density at radius 2 is 1.41 bits per heavy atom. The minimum Gasteiger partial charge on any atom is -0.497 e. The van der Waals surface area contributed by atoms with E-state index in [1.807, 2.05) is 57.2 Å². The van der Waals surface area contributed by atoms with Crippen molar-refractivity contribution in [1.82, 2.24) is 10.2 Å². The van der Waals surface area contributed by atoms with E-state index in [4.69, 9.17) is 33.2 Å². The normalized spacial score (nSPS) is 32.6. The third-order valence-electron chi connectivity index (χ3n) is 14.5. The summed E-state index contributed by atoms with van der Waals surface area (Å²) < 4.78 is 44.0. The molecule has 2 saturated carbocycles. The van der Waals surface area contributed by atoms with Crippen LogP contribution in [0.3, 0.4) is 0 Å². The fourth-order valence-corrected chi connectivity index (χ4v) is 11.5. The third-order valence-corrected chi connectivity index (χ3v) is 14.5. The maximum absolute atomic E-state index is 15.1. The van der Waals surface area contributed by atoms with Crippen LogP contribution >= 0.6 is 0 Å². The van der Waals surface area contributed by atoms with E-state index in [2.05, 4.69) is 12.2 Å². The van der Waals surface area contributed by atoms with Gasteiger partial charge in [0.2, 0.25) is 0 Å². The first-order valence-electron chi connectivity index (χ1n) is 22.1. The van der Waals surface area contributed by atoms with Gasteiger partial charge in [0.1, 0.15) is 35.9 Å². The molecule has 2 bridgehead atoms. The Morgan fingerprint density at radius 3 is 2.00 bits per heavy atom. The van der Waals surface area contributed by atoms with Crippen molar-refractivity contribution in [2.45, 2.75) is 117 Å². The van der Waals surface area contributed by atoms with Gasteiger partial charge in [0.15, 0.2) is 12.2 Å². The second-order valence-corrected chi connectivity index (χ2v) is 18.6. The highest BCUT2D eigenvalue weighted by Crippen LogP contribution is 2.62. The highest BCUT2D eigenvalue weighted by molar-refractivity contribution is 5.95. The number of ether oxygens (including phenoxy) is 7. The number of nitrogens with one attached hydrogen (secondary N) is 1. The predicted molar refractivity (Wildman–Crippen MR) is 231 cm³/mol. The topological polar surface area (TPSA) is 165 Å². The summed E-state index contributed by atoms with van der Waals surface area (Å²) in [6, 6.07) is 23.7. The van der Waals surface area contributed by atoms with Gasteiger partial charge in [-0.15, -0.1) is 0 Å². The number of rotatable bonds is 10. The summed E-state index contributed by atoms with van der Waals surface area (Å²) >= 11 is 0.